The molecule has 2 atom stereocenters. The van der Waals surface area contributed by atoms with Crippen LogP contribution in [0.3, 0.4) is 0 Å². The van der Waals surface area contributed by atoms with Crippen molar-refractivity contribution in [2.24, 2.45) is 10.9 Å². The van der Waals surface area contributed by atoms with Gasteiger partial charge < -0.3 is 10.6 Å². The molecule has 1 aliphatic carbocycles. The van der Waals surface area contributed by atoms with E-state index in [4.69, 9.17) is 4.99 Å². The number of aryl methyl sites for hydroxylation is 1. The molecule has 0 spiro atoms. The van der Waals surface area contributed by atoms with Gasteiger partial charge in [0.15, 0.2) is 5.96 Å². The molecule has 1 aromatic rings. The Hall–Kier alpha value is -1.10. The maximum atomic E-state index is 4.70. The summed E-state index contributed by atoms with van der Waals surface area (Å²) in [6.07, 6.45) is 8.09. The van der Waals surface area contributed by atoms with Gasteiger partial charge in [-0.3, -0.25) is 4.99 Å². The van der Waals surface area contributed by atoms with Crippen molar-refractivity contribution in [3.63, 3.8) is 0 Å². The van der Waals surface area contributed by atoms with Gasteiger partial charge in [0.25, 0.3) is 0 Å². The molecule has 2 unspecified atom stereocenters. The zero-order valence-corrected chi connectivity index (χ0v) is 14.3. The number of aliphatic imine (C=N–C) groups is 1. The third kappa shape index (κ3) is 5.65. The number of guanidine groups is 1. The summed E-state index contributed by atoms with van der Waals surface area (Å²) in [6, 6.07) is 0.577. The third-order valence-electron chi connectivity index (χ3n) is 3.89. The van der Waals surface area contributed by atoms with E-state index in [9.17, 15) is 0 Å². The van der Waals surface area contributed by atoms with Crippen LogP contribution in [0.1, 0.15) is 49.4 Å². The number of hydrogen-bond acceptors (Lipinski definition) is 3. The van der Waals surface area contributed by atoms with Crippen molar-refractivity contribution in [1.82, 2.24) is 15.6 Å². The first-order chi connectivity index (χ1) is 10.2. The first kappa shape index (κ1) is 16.3. The molecule has 0 radical (unpaired) electrons. The van der Waals surface area contributed by atoms with E-state index in [0.717, 1.165) is 31.4 Å². The largest absolute Gasteiger partial charge is 0.357 e. The van der Waals surface area contributed by atoms with Crippen LogP contribution in [0.25, 0.3) is 0 Å². The van der Waals surface area contributed by atoms with Crippen molar-refractivity contribution in [3.05, 3.63) is 16.1 Å². The Morgan fingerprint density at radius 3 is 3.00 bits per heavy atom. The normalized spacial score (nSPS) is 23.1. The molecule has 5 heteroatoms. The molecule has 1 heterocycles. The molecule has 1 saturated carbocycles. The first-order valence-corrected chi connectivity index (χ1v) is 8.95. The van der Waals surface area contributed by atoms with Gasteiger partial charge in [-0.25, -0.2) is 4.98 Å². The van der Waals surface area contributed by atoms with Crippen molar-refractivity contribution in [2.45, 2.75) is 58.9 Å². The number of nitrogens with zero attached hydrogens (tertiary/aromatic N) is 2. The van der Waals surface area contributed by atoms with Gasteiger partial charge in [0.2, 0.25) is 0 Å². The second kappa shape index (κ2) is 8.37. The molecular weight excluding hydrogens is 280 g/mol. The van der Waals surface area contributed by atoms with Crippen molar-refractivity contribution >= 4 is 17.3 Å². The summed E-state index contributed by atoms with van der Waals surface area (Å²) in [7, 11) is 0. The highest BCUT2D eigenvalue weighted by molar-refractivity contribution is 7.11. The molecule has 1 aliphatic rings. The zero-order valence-electron chi connectivity index (χ0n) is 13.5. The number of rotatable bonds is 5. The first-order valence-electron chi connectivity index (χ1n) is 8.13. The third-order valence-corrected chi connectivity index (χ3v) is 4.86. The molecule has 0 bridgehead atoms. The van der Waals surface area contributed by atoms with E-state index in [2.05, 4.69) is 36.4 Å². The Labute approximate surface area is 132 Å². The second-order valence-corrected chi connectivity index (χ2v) is 7.31. The molecule has 21 heavy (non-hydrogen) atoms. The second-order valence-electron chi connectivity index (χ2n) is 5.99. The van der Waals surface area contributed by atoms with E-state index >= 15 is 0 Å². The fourth-order valence-corrected chi connectivity index (χ4v) is 3.63. The average Bonchev–Trinajstić information content (AvgIpc) is 2.85. The standard InChI is InChI=1S/C16H28N4S/c1-4-17-16(20-14-7-5-6-12(2)10-14)18-9-8-15-19-11-13(3)21-15/h11-12,14H,4-10H2,1-3H3,(H2,17,18,20). The summed E-state index contributed by atoms with van der Waals surface area (Å²) in [5.74, 6) is 1.79. The molecule has 0 aliphatic heterocycles. The molecule has 4 nitrogen and oxygen atoms in total. The average molecular weight is 308 g/mol. The highest BCUT2D eigenvalue weighted by Gasteiger charge is 2.19. The van der Waals surface area contributed by atoms with Crippen molar-refractivity contribution in [1.29, 1.82) is 0 Å². The van der Waals surface area contributed by atoms with E-state index in [0.29, 0.717) is 6.04 Å². The molecule has 0 aromatic carbocycles. The summed E-state index contributed by atoms with van der Waals surface area (Å²) < 4.78 is 0. The minimum absolute atomic E-state index is 0.577. The van der Waals surface area contributed by atoms with Gasteiger partial charge >= 0.3 is 0 Å². The van der Waals surface area contributed by atoms with Crippen LogP contribution in [0.2, 0.25) is 0 Å². The summed E-state index contributed by atoms with van der Waals surface area (Å²) in [4.78, 5) is 10.4. The lowest BCUT2D eigenvalue weighted by Crippen LogP contribution is -2.45. The van der Waals surface area contributed by atoms with E-state index < -0.39 is 0 Å². The van der Waals surface area contributed by atoms with Crippen molar-refractivity contribution in [3.8, 4) is 0 Å². The molecule has 2 N–H and O–H groups in total. The van der Waals surface area contributed by atoms with Crippen LogP contribution >= 0.6 is 11.3 Å². The van der Waals surface area contributed by atoms with E-state index in [1.807, 2.05) is 6.20 Å². The Morgan fingerprint density at radius 2 is 2.33 bits per heavy atom. The smallest absolute Gasteiger partial charge is 0.191 e. The Morgan fingerprint density at radius 1 is 1.48 bits per heavy atom. The maximum absolute atomic E-state index is 4.70. The maximum Gasteiger partial charge on any atom is 0.191 e. The van der Waals surface area contributed by atoms with Crippen LogP contribution in [0.15, 0.2) is 11.2 Å². The van der Waals surface area contributed by atoms with E-state index in [1.165, 1.54) is 35.6 Å². The molecule has 1 fully saturated rings. The lowest BCUT2D eigenvalue weighted by atomic mass is 9.87. The van der Waals surface area contributed by atoms with Crippen molar-refractivity contribution < 1.29 is 0 Å². The van der Waals surface area contributed by atoms with Gasteiger partial charge in [-0.2, -0.15) is 0 Å². The molecule has 1 aromatic heterocycles. The Balaban J connectivity index is 1.83. The van der Waals surface area contributed by atoms with E-state index in [1.54, 1.807) is 11.3 Å². The summed E-state index contributed by atoms with van der Waals surface area (Å²) in [5.41, 5.74) is 0. The van der Waals surface area contributed by atoms with Crippen molar-refractivity contribution in [2.75, 3.05) is 13.1 Å². The highest BCUT2D eigenvalue weighted by Crippen LogP contribution is 2.23. The summed E-state index contributed by atoms with van der Waals surface area (Å²) in [6.45, 7) is 8.27. The van der Waals surface area contributed by atoms with Crippen LogP contribution in [0.4, 0.5) is 0 Å². The predicted molar refractivity (Wildman–Crippen MR) is 91.1 cm³/mol. The molecule has 0 amide bonds. The molecular formula is C16H28N4S. The number of aromatic nitrogens is 1. The monoisotopic (exact) mass is 308 g/mol. The van der Waals surface area contributed by atoms with Gasteiger partial charge in [-0.15, -0.1) is 11.3 Å². The van der Waals surface area contributed by atoms with Gasteiger partial charge in [0.1, 0.15) is 0 Å². The summed E-state index contributed by atoms with van der Waals surface area (Å²) in [5, 5.41) is 8.14. The minimum Gasteiger partial charge on any atom is -0.357 e. The Kier molecular flexibility index (Phi) is 6.49. The Bertz CT molecular complexity index is 455. The number of thiazole rings is 1. The van der Waals surface area contributed by atoms with Crippen LogP contribution in [0, 0.1) is 12.8 Å². The van der Waals surface area contributed by atoms with Gasteiger partial charge in [0, 0.05) is 36.6 Å². The molecule has 0 saturated heterocycles. The highest BCUT2D eigenvalue weighted by atomic mass is 32.1. The van der Waals surface area contributed by atoms with Gasteiger partial charge in [0.05, 0.1) is 5.01 Å². The topological polar surface area (TPSA) is 49.3 Å². The zero-order chi connectivity index (χ0) is 15.1. The van der Waals surface area contributed by atoms with Crippen LogP contribution in [0.5, 0.6) is 0 Å². The lowest BCUT2D eigenvalue weighted by Gasteiger charge is -2.28. The summed E-state index contributed by atoms with van der Waals surface area (Å²) >= 11 is 1.77. The quantitative estimate of drug-likeness (QED) is 0.649. The predicted octanol–water partition coefficient (Wildman–Crippen LogP) is 3.13. The van der Waals surface area contributed by atoms with Crippen LogP contribution in [-0.2, 0) is 6.42 Å². The van der Waals surface area contributed by atoms with Crippen LogP contribution < -0.4 is 10.6 Å². The molecule has 118 valence electrons. The number of hydrogen-bond donors (Lipinski definition) is 2. The van der Waals surface area contributed by atoms with E-state index in [-0.39, 0.29) is 0 Å². The molecule has 2 rings (SSSR count). The number of nitrogens with one attached hydrogen (secondary N) is 2. The lowest BCUT2D eigenvalue weighted by molar-refractivity contribution is 0.324. The van der Waals surface area contributed by atoms with Crippen LogP contribution in [-0.4, -0.2) is 30.1 Å². The van der Waals surface area contributed by atoms with Gasteiger partial charge in [-0.1, -0.05) is 19.8 Å². The minimum atomic E-state index is 0.577. The SMILES string of the molecule is CCNC(=NCCc1ncc(C)s1)NC1CCCC(C)C1. The fraction of sp³-hybridized carbons (Fsp3) is 0.750. The van der Waals surface area contributed by atoms with Gasteiger partial charge in [-0.05, 0) is 32.6 Å². The fourth-order valence-electron chi connectivity index (χ4n) is 2.86.